The predicted molar refractivity (Wildman–Crippen MR) is 116 cm³/mol. The van der Waals surface area contributed by atoms with Crippen molar-refractivity contribution in [2.24, 2.45) is 4.99 Å². The summed E-state index contributed by atoms with van der Waals surface area (Å²) in [6, 6.07) is 14.6. The molecule has 0 aliphatic carbocycles. The van der Waals surface area contributed by atoms with Gasteiger partial charge in [0.15, 0.2) is 4.80 Å². The molecule has 0 fully saturated rings. The second-order valence-electron chi connectivity index (χ2n) is 7.28. The summed E-state index contributed by atoms with van der Waals surface area (Å²) in [5, 5.41) is 0. The Morgan fingerprint density at radius 3 is 2.61 bits per heavy atom. The summed E-state index contributed by atoms with van der Waals surface area (Å²) in [7, 11) is 0. The number of benzene rings is 2. The van der Waals surface area contributed by atoms with Crippen LogP contribution in [0, 0.1) is 6.92 Å². The van der Waals surface area contributed by atoms with E-state index in [0.717, 1.165) is 20.6 Å². The van der Waals surface area contributed by atoms with Gasteiger partial charge in [-0.3, -0.25) is 4.79 Å². The third kappa shape index (κ3) is 4.97. The van der Waals surface area contributed by atoms with Crippen LogP contribution in [0.3, 0.4) is 0 Å². The van der Waals surface area contributed by atoms with E-state index in [1.165, 1.54) is 11.1 Å². The quantitative estimate of drug-likeness (QED) is 0.536. The van der Waals surface area contributed by atoms with Crippen LogP contribution in [0.2, 0.25) is 0 Å². The molecule has 0 saturated heterocycles. The lowest BCUT2D eigenvalue weighted by Gasteiger charge is -2.06. The molecule has 0 bridgehead atoms. The number of nitrogens with zero attached hydrogens (tertiary/aromatic N) is 2. The van der Waals surface area contributed by atoms with Crippen molar-refractivity contribution in [1.82, 2.24) is 4.57 Å². The molecular formula is C23H28N2O2S. The minimum Gasteiger partial charge on any atom is -0.380 e. The summed E-state index contributed by atoms with van der Waals surface area (Å²) in [5.41, 5.74) is 4.58. The molecule has 5 heteroatoms. The fraction of sp³-hybridized carbons (Fsp3) is 0.391. The van der Waals surface area contributed by atoms with Gasteiger partial charge in [0, 0.05) is 13.2 Å². The van der Waals surface area contributed by atoms with Crippen molar-refractivity contribution in [2.75, 3.05) is 13.2 Å². The van der Waals surface area contributed by atoms with Crippen LogP contribution in [0.15, 0.2) is 47.5 Å². The third-order valence-electron chi connectivity index (χ3n) is 4.72. The summed E-state index contributed by atoms with van der Waals surface area (Å²) in [4.78, 5) is 17.8. The zero-order valence-corrected chi connectivity index (χ0v) is 17.9. The Labute approximate surface area is 170 Å². The minimum atomic E-state index is -0.120. The lowest BCUT2D eigenvalue weighted by Crippen LogP contribution is -2.20. The van der Waals surface area contributed by atoms with Gasteiger partial charge in [0.2, 0.25) is 0 Å². The van der Waals surface area contributed by atoms with Gasteiger partial charge < -0.3 is 9.30 Å². The summed E-state index contributed by atoms with van der Waals surface area (Å²) >= 11 is 1.56. The highest BCUT2D eigenvalue weighted by molar-refractivity contribution is 7.16. The molecule has 0 N–H and O–H groups in total. The topological polar surface area (TPSA) is 43.6 Å². The van der Waals surface area contributed by atoms with Crippen molar-refractivity contribution >= 4 is 27.5 Å². The fourth-order valence-electron chi connectivity index (χ4n) is 3.12. The van der Waals surface area contributed by atoms with E-state index in [0.29, 0.717) is 32.1 Å². The van der Waals surface area contributed by atoms with E-state index in [2.05, 4.69) is 60.7 Å². The van der Waals surface area contributed by atoms with Gasteiger partial charge in [0.1, 0.15) is 0 Å². The lowest BCUT2D eigenvalue weighted by molar-refractivity contribution is -0.117. The molecule has 1 heterocycles. The first-order valence-corrected chi connectivity index (χ1v) is 10.6. The Morgan fingerprint density at radius 1 is 1.18 bits per heavy atom. The molecule has 0 unspecified atom stereocenters. The highest BCUT2D eigenvalue weighted by atomic mass is 32.1. The third-order valence-corrected chi connectivity index (χ3v) is 5.76. The Hall–Kier alpha value is -2.24. The zero-order chi connectivity index (χ0) is 20.1. The number of aryl methyl sites for hydroxylation is 1. The first kappa shape index (κ1) is 20.5. The van der Waals surface area contributed by atoms with Crippen LogP contribution in [0.25, 0.3) is 10.2 Å². The maximum Gasteiger partial charge on any atom is 0.252 e. The molecule has 0 aliphatic heterocycles. The van der Waals surface area contributed by atoms with Crippen LogP contribution in [0.1, 0.15) is 43.4 Å². The zero-order valence-electron chi connectivity index (χ0n) is 17.1. The minimum absolute atomic E-state index is 0.120. The van der Waals surface area contributed by atoms with Gasteiger partial charge in [-0.05, 0) is 48.6 Å². The predicted octanol–water partition coefficient (Wildman–Crippen LogP) is 4.84. The van der Waals surface area contributed by atoms with Crippen molar-refractivity contribution in [3.63, 3.8) is 0 Å². The largest absolute Gasteiger partial charge is 0.380 e. The van der Waals surface area contributed by atoms with E-state index in [9.17, 15) is 4.79 Å². The number of carbonyl (C=O) groups excluding carboxylic acids is 1. The number of hydrogen-bond acceptors (Lipinski definition) is 3. The van der Waals surface area contributed by atoms with E-state index in [1.807, 2.05) is 19.1 Å². The average Bonchev–Trinajstić information content (AvgIpc) is 2.98. The summed E-state index contributed by atoms with van der Waals surface area (Å²) < 4.78 is 8.76. The number of rotatable bonds is 7. The molecule has 28 heavy (non-hydrogen) atoms. The molecule has 0 atom stereocenters. The van der Waals surface area contributed by atoms with Crippen LogP contribution in [-0.4, -0.2) is 23.7 Å². The highest BCUT2D eigenvalue weighted by Gasteiger charge is 2.09. The Bertz CT molecular complexity index is 1010. The van der Waals surface area contributed by atoms with Crippen molar-refractivity contribution < 1.29 is 9.53 Å². The van der Waals surface area contributed by atoms with Crippen molar-refractivity contribution in [1.29, 1.82) is 0 Å². The van der Waals surface area contributed by atoms with Crippen molar-refractivity contribution in [3.05, 3.63) is 64.0 Å². The maximum atomic E-state index is 12.6. The van der Waals surface area contributed by atoms with Gasteiger partial charge in [-0.15, -0.1) is 0 Å². The van der Waals surface area contributed by atoms with E-state index >= 15 is 0 Å². The first-order valence-electron chi connectivity index (χ1n) is 9.82. The summed E-state index contributed by atoms with van der Waals surface area (Å²) in [5.74, 6) is 0.367. The molecule has 0 spiro atoms. The number of fused-ring (bicyclic) bond motifs is 1. The molecule has 1 aromatic heterocycles. The van der Waals surface area contributed by atoms with Gasteiger partial charge in [-0.2, -0.15) is 4.99 Å². The molecule has 3 aromatic rings. The Balaban J connectivity index is 1.88. The molecule has 0 aliphatic rings. The Kier molecular flexibility index (Phi) is 6.81. The van der Waals surface area contributed by atoms with Gasteiger partial charge in [0.05, 0.1) is 23.2 Å². The number of hydrogen-bond donors (Lipinski definition) is 0. The summed E-state index contributed by atoms with van der Waals surface area (Å²) in [6.45, 7) is 10.4. The van der Waals surface area contributed by atoms with Crippen LogP contribution in [0.4, 0.5) is 0 Å². The Morgan fingerprint density at radius 2 is 1.93 bits per heavy atom. The fourth-order valence-corrected chi connectivity index (χ4v) is 4.29. The van der Waals surface area contributed by atoms with Crippen LogP contribution < -0.4 is 4.80 Å². The van der Waals surface area contributed by atoms with E-state index in [4.69, 9.17) is 4.74 Å². The van der Waals surface area contributed by atoms with Gasteiger partial charge in [0.25, 0.3) is 5.91 Å². The van der Waals surface area contributed by atoms with Gasteiger partial charge >= 0.3 is 0 Å². The normalized spacial score (nSPS) is 12.2. The first-order chi connectivity index (χ1) is 13.5. The van der Waals surface area contributed by atoms with Crippen LogP contribution in [0.5, 0.6) is 0 Å². The smallest absolute Gasteiger partial charge is 0.252 e. The molecule has 2 aromatic carbocycles. The summed E-state index contributed by atoms with van der Waals surface area (Å²) in [6.07, 6.45) is 0.317. The number of amides is 1. The van der Waals surface area contributed by atoms with Crippen LogP contribution >= 0.6 is 11.3 Å². The second-order valence-corrected chi connectivity index (χ2v) is 8.29. The number of carbonyl (C=O) groups is 1. The SMILES string of the molecule is CCOCCn1c(=NC(=O)Cc2ccc(C(C)C)cc2)sc2cc(C)ccc21. The van der Waals surface area contributed by atoms with Gasteiger partial charge in [-0.1, -0.05) is 55.5 Å². The molecule has 4 nitrogen and oxygen atoms in total. The molecule has 0 radical (unpaired) electrons. The standard InChI is InChI=1S/C23H28N2O2S/c1-5-27-13-12-25-20-11-6-17(4)14-21(20)28-23(25)24-22(26)15-18-7-9-19(10-8-18)16(2)3/h6-11,14,16H,5,12-13,15H2,1-4H3. The van der Waals surface area contributed by atoms with E-state index in [1.54, 1.807) is 11.3 Å². The number of aromatic nitrogens is 1. The molecule has 3 rings (SSSR count). The highest BCUT2D eigenvalue weighted by Crippen LogP contribution is 2.19. The van der Waals surface area contributed by atoms with Gasteiger partial charge in [-0.25, -0.2) is 0 Å². The second kappa shape index (κ2) is 9.30. The molecule has 0 saturated carbocycles. The lowest BCUT2D eigenvalue weighted by atomic mass is 10.0. The molecule has 148 valence electrons. The van der Waals surface area contributed by atoms with E-state index in [-0.39, 0.29) is 5.91 Å². The number of thiazole rings is 1. The van der Waals surface area contributed by atoms with Crippen LogP contribution in [-0.2, 0) is 22.5 Å². The monoisotopic (exact) mass is 396 g/mol. The van der Waals surface area contributed by atoms with Crippen molar-refractivity contribution in [2.45, 2.75) is 46.6 Å². The molecular weight excluding hydrogens is 368 g/mol. The van der Waals surface area contributed by atoms with Crippen molar-refractivity contribution in [3.8, 4) is 0 Å². The molecule has 1 amide bonds. The number of ether oxygens (including phenoxy) is 1. The maximum absolute atomic E-state index is 12.6. The average molecular weight is 397 g/mol. The van der Waals surface area contributed by atoms with E-state index < -0.39 is 0 Å².